The summed E-state index contributed by atoms with van der Waals surface area (Å²) in [7, 11) is 0. The van der Waals surface area contributed by atoms with Crippen molar-refractivity contribution in [2.45, 2.75) is 42.9 Å². The lowest BCUT2D eigenvalue weighted by atomic mass is 9.38. The van der Waals surface area contributed by atoms with Crippen molar-refractivity contribution in [3.63, 3.8) is 0 Å². The van der Waals surface area contributed by atoms with Crippen LogP contribution < -0.4 is 0 Å². The van der Waals surface area contributed by atoms with Gasteiger partial charge in [-0.25, -0.2) is 15.0 Å². The third kappa shape index (κ3) is 6.40. The van der Waals surface area contributed by atoms with Gasteiger partial charge >= 0.3 is 0 Å². The minimum Gasteiger partial charge on any atom is -0.456 e. The minimum atomic E-state index is -0.490. The van der Waals surface area contributed by atoms with Crippen molar-refractivity contribution in [1.82, 2.24) is 15.0 Å². The van der Waals surface area contributed by atoms with E-state index in [1.165, 1.54) is 76.4 Å². The number of hydrogen-bond acceptors (Lipinski definition) is 4. The highest BCUT2D eigenvalue weighted by Crippen LogP contribution is 2.70. The number of aromatic nitrogens is 3. The second kappa shape index (κ2) is 16.9. The van der Waals surface area contributed by atoms with Crippen LogP contribution in [0.3, 0.4) is 0 Å². The average molecular weight is 976 g/mol. The normalized spacial score (nSPS) is 20.8. The van der Waals surface area contributed by atoms with Crippen LogP contribution >= 0.6 is 0 Å². The first-order chi connectivity index (χ1) is 37.6. The summed E-state index contributed by atoms with van der Waals surface area (Å²) in [5.41, 5.74) is 17.4. The predicted molar refractivity (Wildman–Crippen MR) is 308 cm³/mol. The van der Waals surface area contributed by atoms with E-state index in [9.17, 15) is 0 Å². The van der Waals surface area contributed by atoms with E-state index >= 15 is 0 Å². The Balaban J connectivity index is 0.860. The van der Waals surface area contributed by atoms with E-state index in [1.807, 2.05) is 30.3 Å². The molecule has 2 aromatic heterocycles. The van der Waals surface area contributed by atoms with Crippen LogP contribution in [0.1, 0.15) is 65.5 Å². The molecule has 0 aliphatic heterocycles. The summed E-state index contributed by atoms with van der Waals surface area (Å²) >= 11 is 0. The maximum Gasteiger partial charge on any atom is 0.164 e. The molecular formula is C72H53N3O. The summed E-state index contributed by atoms with van der Waals surface area (Å²) in [4.78, 5) is 15.8. The Labute approximate surface area is 442 Å². The van der Waals surface area contributed by atoms with Crippen molar-refractivity contribution < 1.29 is 4.42 Å². The van der Waals surface area contributed by atoms with Gasteiger partial charge in [-0.05, 0) is 153 Å². The van der Waals surface area contributed by atoms with Crippen molar-refractivity contribution in [2.75, 3.05) is 0 Å². The lowest BCUT2D eigenvalue weighted by Gasteiger charge is -2.65. The Morgan fingerprint density at radius 3 is 1.49 bits per heavy atom. The van der Waals surface area contributed by atoms with Gasteiger partial charge < -0.3 is 4.42 Å². The first-order valence-corrected chi connectivity index (χ1v) is 27.3. The Morgan fingerprint density at radius 2 is 0.803 bits per heavy atom. The molecule has 4 bridgehead atoms. The molecule has 0 unspecified atom stereocenters. The highest BCUT2D eigenvalue weighted by Gasteiger charge is 2.63. The van der Waals surface area contributed by atoms with E-state index in [1.54, 1.807) is 5.56 Å². The first kappa shape index (κ1) is 43.6. The zero-order valence-electron chi connectivity index (χ0n) is 42.1. The largest absolute Gasteiger partial charge is 0.456 e. The Morgan fingerprint density at radius 1 is 0.316 bits per heavy atom. The maximum atomic E-state index is 6.15. The van der Waals surface area contributed by atoms with Crippen LogP contribution in [-0.2, 0) is 10.8 Å². The van der Waals surface area contributed by atoms with Crippen molar-refractivity contribution in [1.29, 1.82) is 0 Å². The molecule has 76 heavy (non-hydrogen) atoms. The molecule has 0 atom stereocenters. The van der Waals surface area contributed by atoms with Crippen molar-refractivity contribution >= 4 is 32.7 Å². The predicted octanol–water partition coefficient (Wildman–Crippen LogP) is 17.7. The number of hydrogen-bond donors (Lipinski definition) is 0. The molecule has 0 radical (unpaired) electrons. The molecule has 362 valence electrons. The summed E-state index contributed by atoms with van der Waals surface area (Å²) in [6, 6.07) is 87.1. The van der Waals surface area contributed by atoms with Crippen LogP contribution in [0.25, 0.3) is 89.1 Å². The molecule has 1 spiro atoms. The van der Waals surface area contributed by atoms with E-state index in [0.29, 0.717) is 29.3 Å². The molecule has 10 aromatic carbocycles. The van der Waals surface area contributed by atoms with Gasteiger partial charge in [-0.15, -0.1) is 0 Å². The maximum absolute atomic E-state index is 6.15. The van der Waals surface area contributed by atoms with Crippen molar-refractivity contribution in [3.05, 3.63) is 270 Å². The molecular weight excluding hydrogens is 923 g/mol. The van der Waals surface area contributed by atoms with Crippen LogP contribution in [0.4, 0.5) is 0 Å². The smallest absolute Gasteiger partial charge is 0.164 e. The fourth-order valence-corrected chi connectivity index (χ4v) is 15.6. The lowest BCUT2D eigenvalue weighted by molar-refractivity contribution is -0.0440. The van der Waals surface area contributed by atoms with Gasteiger partial charge in [0.2, 0.25) is 0 Å². The minimum absolute atomic E-state index is 0.0756. The zero-order valence-corrected chi connectivity index (χ0v) is 42.1. The lowest BCUT2D eigenvalue weighted by Crippen LogP contribution is -2.59. The zero-order chi connectivity index (χ0) is 50.0. The molecule has 0 amide bonds. The van der Waals surface area contributed by atoms with E-state index in [2.05, 4.69) is 206 Å². The fraction of sp³-hybridized carbons (Fsp3) is 0.153. The average Bonchev–Trinajstić information content (AvgIpc) is 4.00. The Hall–Kier alpha value is -8.73. The van der Waals surface area contributed by atoms with Crippen LogP contribution in [0.5, 0.6) is 0 Å². The Bertz CT molecular complexity index is 4170. The van der Waals surface area contributed by atoms with E-state index in [4.69, 9.17) is 19.4 Å². The molecule has 17 rings (SSSR count). The number of fused-ring (bicyclic) bond motifs is 6. The van der Waals surface area contributed by atoms with Crippen LogP contribution in [0, 0.1) is 23.7 Å². The third-order valence-electron chi connectivity index (χ3n) is 18.5. The molecule has 0 N–H and O–H groups in total. The monoisotopic (exact) mass is 975 g/mol. The van der Waals surface area contributed by atoms with Gasteiger partial charge in [0.1, 0.15) is 11.2 Å². The van der Waals surface area contributed by atoms with Gasteiger partial charge in [-0.3, -0.25) is 0 Å². The molecule has 0 saturated heterocycles. The number of benzene rings is 10. The van der Waals surface area contributed by atoms with Crippen molar-refractivity contribution in [3.8, 4) is 56.4 Å². The first-order valence-electron chi connectivity index (χ1n) is 27.3. The quantitative estimate of drug-likeness (QED) is 0.160. The van der Waals surface area contributed by atoms with Gasteiger partial charge in [0, 0.05) is 32.9 Å². The molecule has 4 heteroatoms. The Kier molecular flexibility index (Phi) is 9.70. The van der Waals surface area contributed by atoms with E-state index in [0.717, 1.165) is 67.0 Å². The second-order valence-electron chi connectivity index (χ2n) is 22.2. The van der Waals surface area contributed by atoms with Gasteiger partial charge in [0.15, 0.2) is 17.5 Å². The summed E-state index contributed by atoms with van der Waals surface area (Å²) in [6.07, 6.45) is 6.67. The molecule has 4 nitrogen and oxygen atoms in total. The molecule has 5 aliphatic rings. The van der Waals surface area contributed by atoms with Crippen molar-refractivity contribution in [2.24, 2.45) is 23.7 Å². The second-order valence-corrected chi connectivity index (χ2v) is 22.2. The van der Waals surface area contributed by atoms with Crippen LogP contribution in [0.2, 0.25) is 0 Å². The topological polar surface area (TPSA) is 51.8 Å². The summed E-state index contributed by atoms with van der Waals surface area (Å²) in [5, 5.41) is 4.53. The molecule has 12 aromatic rings. The summed E-state index contributed by atoms with van der Waals surface area (Å²) in [6.45, 7) is 0. The van der Waals surface area contributed by atoms with Gasteiger partial charge in [-0.2, -0.15) is 0 Å². The van der Waals surface area contributed by atoms with Gasteiger partial charge in [-0.1, -0.05) is 206 Å². The molecule has 5 aliphatic carbocycles. The van der Waals surface area contributed by atoms with Crippen LogP contribution in [-0.4, -0.2) is 15.0 Å². The standard InChI is InChI=1S/C72H53N3O/c1-4-16-48(17-5-1)68-73-69(49-30-28-47(29-31-49)50-33-37-67-61(43-50)59-24-12-15-27-66(59)76-67)75-70(74-68)60-35-34-56(57-22-10-11-23-58(57)60)51-32-36-64-65(44-51)72(54-39-45-38-46(41-54)42-55(72)40-45)63-26-14-13-25-62(63)71(64,52-18-6-2-7-19-52)53-20-8-3-9-21-53/h1-37,43-46,54-55H,38-42H2. The summed E-state index contributed by atoms with van der Waals surface area (Å²) < 4.78 is 6.15. The molecule has 2 heterocycles. The van der Waals surface area contributed by atoms with Crippen LogP contribution in [0.15, 0.2) is 241 Å². The summed E-state index contributed by atoms with van der Waals surface area (Å²) in [5.74, 6) is 4.80. The fourth-order valence-electron chi connectivity index (χ4n) is 15.6. The molecule has 4 saturated carbocycles. The highest BCUT2D eigenvalue weighted by atomic mass is 16.3. The SMILES string of the molecule is c1ccc(-c2nc(-c3ccc(-c4ccc5oc6ccccc6c5c4)cc3)nc(-c3ccc(-c4ccc5c(c4)C4(c6ccccc6C5(c5ccccc5)c5ccccc5)C5CC6CC(C5)CC4C6)c4ccccc34)n2)cc1. The van der Waals surface area contributed by atoms with Gasteiger partial charge in [0.25, 0.3) is 0 Å². The number of para-hydroxylation sites is 1. The number of furan rings is 1. The molecule has 4 fully saturated rings. The van der Waals surface area contributed by atoms with E-state index < -0.39 is 5.41 Å². The highest BCUT2D eigenvalue weighted by molar-refractivity contribution is 6.07. The number of rotatable bonds is 7. The van der Waals surface area contributed by atoms with E-state index in [-0.39, 0.29) is 5.41 Å². The number of nitrogens with zero attached hydrogens (tertiary/aromatic N) is 3. The third-order valence-corrected chi connectivity index (χ3v) is 18.5. The van der Waals surface area contributed by atoms with Gasteiger partial charge in [0.05, 0.1) is 5.41 Å².